The van der Waals surface area contributed by atoms with E-state index in [2.05, 4.69) is 5.16 Å². The molecule has 0 unspecified atom stereocenters. The number of carbonyl (C=O) groups excluding carboxylic acids is 1. The van der Waals surface area contributed by atoms with E-state index in [9.17, 15) is 4.79 Å². The minimum atomic E-state index is -0.413. The molecular weight excluding hydrogens is 216 g/mol. The fourth-order valence-corrected chi connectivity index (χ4v) is 2.59. The Hall–Kier alpha value is -1.11. The molecule has 0 bridgehead atoms. The normalized spacial score (nSPS) is 21.4. The van der Waals surface area contributed by atoms with E-state index in [4.69, 9.17) is 16.7 Å². The Bertz CT molecular complexity index is 274. The first-order valence-corrected chi connectivity index (χ1v) is 5.86. The Morgan fingerprint density at radius 1 is 1.47 bits per heavy atom. The molecule has 1 rings (SSSR count). The number of nitrogens with two attached hydrogens (primary N) is 2. The lowest BCUT2D eigenvalue weighted by Gasteiger charge is -2.38. The molecule has 1 fully saturated rings. The number of rotatable bonds is 2. The molecule has 7 heteroatoms. The van der Waals surface area contributed by atoms with Gasteiger partial charge in [0, 0.05) is 13.1 Å². The number of amidine groups is 1. The van der Waals surface area contributed by atoms with Crippen molar-refractivity contribution in [2.75, 3.05) is 19.3 Å². The third kappa shape index (κ3) is 2.28. The highest BCUT2D eigenvalue weighted by Gasteiger charge is 2.38. The second-order valence-electron chi connectivity index (χ2n) is 3.51. The zero-order valence-corrected chi connectivity index (χ0v) is 9.46. The van der Waals surface area contributed by atoms with Gasteiger partial charge < -0.3 is 21.6 Å². The molecule has 0 spiro atoms. The number of nitrogens with zero attached hydrogens (tertiary/aromatic N) is 2. The highest BCUT2D eigenvalue weighted by molar-refractivity contribution is 8.00. The fourth-order valence-electron chi connectivity index (χ4n) is 1.74. The minimum absolute atomic E-state index is 0.221. The van der Waals surface area contributed by atoms with Crippen molar-refractivity contribution in [3.05, 3.63) is 0 Å². The summed E-state index contributed by atoms with van der Waals surface area (Å²) in [6.45, 7) is 1.10. The van der Waals surface area contributed by atoms with E-state index in [0.29, 0.717) is 25.9 Å². The number of likely N-dealkylation sites (tertiary alicyclic amines) is 1. The number of oxime groups is 1. The van der Waals surface area contributed by atoms with Crippen molar-refractivity contribution in [3.63, 3.8) is 0 Å². The van der Waals surface area contributed by atoms with E-state index in [-0.39, 0.29) is 10.6 Å². The van der Waals surface area contributed by atoms with E-state index in [0.717, 1.165) is 0 Å². The van der Waals surface area contributed by atoms with Gasteiger partial charge >= 0.3 is 6.03 Å². The summed E-state index contributed by atoms with van der Waals surface area (Å²) < 4.78 is -0.360. The molecule has 0 radical (unpaired) electrons. The lowest BCUT2D eigenvalue weighted by atomic mass is 9.94. The van der Waals surface area contributed by atoms with Crippen molar-refractivity contribution in [2.24, 2.45) is 16.6 Å². The average Bonchev–Trinajstić information content (AvgIpc) is 2.27. The van der Waals surface area contributed by atoms with Gasteiger partial charge in [-0.3, -0.25) is 0 Å². The minimum Gasteiger partial charge on any atom is -0.409 e. The first kappa shape index (κ1) is 12.0. The molecule has 0 aromatic carbocycles. The summed E-state index contributed by atoms with van der Waals surface area (Å²) in [5.41, 5.74) is 10.8. The van der Waals surface area contributed by atoms with E-state index >= 15 is 0 Å². The van der Waals surface area contributed by atoms with Crippen LogP contribution >= 0.6 is 11.8 Å². The van der Waals surface area contributed by atoms with Gasteiger partial charge in [-0.05, 0) is 19.1 Å². The SMILES string of the molecule is CSC1(C(N)=NO)CCN(C(N)=O)CC1. The van der Waals surface area contributed by atoms with Gasteiger partial charge in [-0.1, -0.05) is 5.16 Å². The van der Waals surface area contributed by atoms with E-state index in [1.165, 1.54) is 0 Å². The number of hydrogen-bond acceptors (Lipinski definition) is 4. The third-order valence-corrected chi connectivity index (χ3v) is 4.25. The highest BCUT2D eigenvalue weighted by Crippen LogP contribution is 2.34. The summed E-state index contributed by atoms with van der Waals surface area (Å²) in [5.74, 6) is 0.221. The van der Waals surface area contributed by atoms with E-state index in [1.807, 2.05) is 6.26 Å². The summed E-state index contributed by atoms with van der Waals surface area (Å²) in [4.78, 5) is 12.5. The highest BCUT2D eigenvalue weighted by atomic mass is 32.2. The quantitative estimate of drug-likeness (QED) is 0.270. The molecule has 86 valence electrons. The van der Waals surface area contributed by atoms with Crippen molar-refractivity contribution >= 4 is 23.6 Å². The van der Waals surface area contributed by atoms with Crippen molar-refractivity contribution in [1.82, 2.24) is 4.90 Å². The lowest BCUT2D eigenvalue weighted by Crippen LogP contribution is -2.52. The monoisotopic (exact) mass is 232 g/mol. The van der Waals surface area contributed by atoms with Crippen LogP contribution in [0, 0.1) is 0 Å². The van der Waals surface area contributed by atoms with Gasteiger partial charge in [0.05, 0.1) is 4.75 Å². The van der Waals surface area contributed by atoms with Crippen molar-refractivity contribution in [1.29, 1.82) is 0 Å². The van der Waals surface area contributed by atoms with Gasteiger partial charge in [-0.15, -0.1) is 0 Å². The van der Waals surface area contributed by atoms with Gasteiger partial charge in [-0.2, -0.15) is 11.8 Å². The van der Waals surface area contributed by atoms with E-state index in [1.54, 1.807) is 16.7 Å². The Morgan fingerprint density at radius 3 is 2.33 bits per heavy atom. The molecule has 6 nitrogen and oxygen atoms in total. The molecule has 1 saturated heterocycles. The van der Waals surface area contributed by atoms with Crippen LogP contribution in [-0.2, 0) is 0 Å². The molecule has 0 saturated carbocycles. The maximum Gasteiger partial charge on any atom is 0.314 e. The van der Waals surface area contributed by atoms with Gasteiger partial charge in [0.2, 0.25) is 0 Å². The van der Waals surface area contributed by atoms with Crippen molar-refractivity contribution in [2.45, 2.75) is 17.6 Å². The fraction of sp³-hybridized carbons (Fsp3) is 0.750. The van der Waals surface area contributed by atoms with Crippen LogP contribution in [-0.4, -0.2) is 46.1 Å². The molecule has 0 aromatic rings. The first-order valence-electron chi connectivity index (χ1n) is 4.63. The Morgan fingerprint density at radius 2 is 2.00 bits per heavy atom. The third-order valence-electron chi connectivity index (χ3n) is 2.85. The van der Waals surface area contributed by atoms with Crippen LogP contribution in [0.4, 0.5) is 4.79 Å². The number of piperidine rings is 1. The summed E-state index contributed by atoms with van der Waals surface area (Å²) in [7, 11) is 0. The number of amides is 2. The van der Waals surface area contributed by atoms with Crippen molar-refractivity contribution < 1.29 is 10.0 Å². The van der Waals surface area contributed by atoms with Crippen LogP contribution in [0.25, 0.3) is 0 Å². The van der Waals surface area contributed by atoms with Crippen LogP contribution < -0.4 is 11.5 Å². The second kappa shape index (κ2) is 4.61. The smallest absolute Gasteiger partial charge is 0.314 e. The number of thioether (sulfide) groups is 1. The van der Waals surface area contributed by atoms with Crippen LogP contribution in [0.15, 0.2) is 5.16 Å². The first-order chi connectivity index (χ1) is 7.05. The summed E-state index contributed by atoms with van der Waals surface area (Å²) in [6.07, 6.45) is 3.23. The van der Waals surface area contributed by atoms with Crippen LogP contribution in [0.5, 0.6) is 0 Å². The van der Waals surface area contributed by atoms with Gasteiger partial charge in [0.25, 0.3) is 0 Å². The van der Waals surface area contributed by atoms with Gasteiger partial charge in [0.1, 0.15) is 0 Å². The maximum atomic E-state index is 10.9. The standard InChI is InChI=1S/C8H16N4O2S/c1-15-8(6(9)11-14)2-4-12(5-3-8)7(10)13/h14H,2-5H2,1H3,(H2,9,11)(H2,10,13). The molecule has 1 heterocycles. The molecule has 1 aliphatic rings. The van der Waals surface area contributed by atoms with Crippen LogP contribution in [0.1, 0.15) is 12.8 Å². The summed E-state index contributed by atoms with van der Waals surface area (Å²) in [6, 6.07) is -0.413. The number of hydrogen-bond donors (Lipinski definition) is 3. The molecular formula is C8H16N4O2S. The zero-order valence-electron chi connectivity index (χ0n) is 8.64. The number of primary amides is 1. The van der Waals surface area contributed by atoms with Gasteiger partial charge in [-0.25, -0.2) is 4.79 Å². The lowest BCUT2D eigenvalue weighted by molar-refractivity contribution is 0.192. The Labute approximate surface area is 92.7 Å². The van der Waals surface area contributed by atoms with Gasteiger partial charge in [0.15, 0.2) is 5.84 Å². The molecule has 2 amide bonds. The molecule has 0 aliphatic carbocycles. The molecule has 1 aliphatic heterocycles. The maximum absolute atomic E-state index is 10.9. The van der Waals surface area contributed by atoms with Crippen LogP contribution in [0.3, 0.4) is 0 Å². The predicted molar refractivity (Wildman–Crippen MR) is 60.0 cm³/mol. The largest absolute Gasteiger partial charge is 0.409 e. The molecule has 15 heavy (non-hydrogen) atoms. The summed E-state index contributed by atoms with van der Waals surface area (Å²) in [5, 5.41) is 11.8. The molecule has 5 N–H and O–H groups in total. The number of carbonyl (C=O) groups is 1. The predicted octanol–water partition coefficient (Wildman–Crippen LogP) is 0.00910. The molecule has 0 aromatic heterocycles. The summed E-state index contributed by atoms with van der Waals surface area (Å²) >= 11 is 1.55. The second-order valence-corrected chi connectivity index (χ2v) is 4.70. The van der Waals surface area contributed by atoms with Crippen molar-refractivity contribution in [3.8, 4) is 0 Å². The average molecular weight is 232 g/mol. The Kier molecular flexibility index (Phi) is 3.67. The number of urea groups is 1. The Balaban J connectivity index is 2.71. The van der Waals surface area contributed by atoms with E-state index < -0.39 is 6.03 Å². The molecule has 0 atom stereocenters. The zero-order chi connectivity index (χ0) is 11.5. The topological polar surface area (TPSA) is 105 Å². The van der Waals surface area contributed by atoms with Crippen LogP contribution in [0.2, 0.25) is 0 Å².